The predicted molar refractivity (Wildman–Crippen MR) is 228 cm³/mol. The Morgan fingerprint density at radius 2 is 1.49 bits per heavy atom. The molecule has 2 heterocycles. The van der Waals surface area contributed by atoms with E-state index >= 15 is 0 Å². The maximum Gasteiger partial charge on any atom is 0.289 e. The molecule has 13 nitrogen and oxygen atoms in total. The van der Waals surface area contributed by atoms with Crippen molar-refractivity contribution >= 4 is 62.3 Å². The third kappa shape index (κ3) is 13.5. The van der Waals surface area contributed by atoms with E-state index < -0.39 is 59.0 Å². The van der Waals surface area contributed by atoms with Gasteiger partial charge in [-0.25, -0.2) is 4.98 Å². The van der Waals surface area contributed by atoms with E-state index in [-0.39, 0.29) is 92.1 Å². The van der Waals surface area contributed by atoms with E-state index in [2.05, 4.69) is 31.2 Å². The van der Waals surface area contributed by atoms with Gasteiger partial charge in [0, 0.05) is 25.0 Å². The summed E-state index contributed by atoms with van der Waals surface area (Å²) in [5, 5.41) is 11.5. The van der Waals surface area contributed by atoms with Crippen LogP contribution < -0.4 is 21.3 Å². The Balaban J connectivity index is 0. The standard InChI is InChI=1S/C36H53N7O6.4CH4.2H2S/c1-5-10-25(29(44)34(48)39-23-15-16-23)40-33(47)28-24-14-9-13-22(24)20-43(28)35(49)30(36(2,3)4)42-32(46)27(21-11-7-6-8-12-21)41-31(45)26-19-37-17-18-38-26;;;;;;/h17-19,21-25,27-28,30H,5-16,20H2,1-4H3,(H,39,48)(H,40,47)(H,41,45)(H,42,46);4*1H4;2*1H2/t22-,24-,25-,27-,28-,30-;;;;;;/m1....../s1. The maximum absolute atomic E-state index is 14.6. The fourth-order valence-corrected chi connectivity index (χ4v) is 7.87. The summed E-state index contributed by atoms with van der Waals surface area (Å²) in [4.78, 5) is 91.4. The van der Waals surface area contributed by atoms with E-state index in [1.54, 1.807) is 4.90 Å². The van der Waals surface area contributed by atoms with Gasteiger partial charge in [0.15, 0.2) is 0 Å². The van der Waals surface area contributed by atoms with Crippen LogP contribution in [0, 0.1) is 23.2 Å². The number of Topliss-reactive ketones (excluding diaryl/α,β-unsaturated/α-hetero) is 1. The summed E-state index contributed by atoms with van der Waals surface area (Å²) in [5.41, 5.74) is -0.638. The molecule has 55 heavy (non-hydrogen) atoms. The summed E-state index contributed by atoms with van der Waals surface area (Å²) < 4.78 is 0. The van der Waals surface area contributed by atoms with Crippen molar-refractivity contribution in [3.05, 3.63) is 24.3 Å². The van der Waals surface area contributed by atoms with Crippen LogP contribution in [0.25, 0.3) is 0 Å². The summed E-state index contributed by atoms with van der Waals surface area (Å²) in [6, 6.07) is -3.68. The predicted octanol–water partition coefficient (Wildman–Crippen LogP) is 5.22. The number of amides is 5. The lowest BCUT2D eigenvalue weighted by Crippen LogP contribution is -2.62. The fourth-order valence-electron chi connectivity index (χ4n) is 7.87. The van der Waals surface area contributed by atoms with Crippen LogP contribution in [0.1, 0.15) is 145 Å². The van der Waals surface area contributed by atoms with Crippen LogP contribution in [-0.4, -0.2) is 86.9 Å². The molecule has 0 radical (unpaired) electrons. The molecule has 5 rings (SSSR count). The van der Waals surface area contributed by atoms with Crippen molar-refractivity contribution in [2.45, 2.75) is 165 Å². The summed E-state index contributed by atoms with van der Waals surface area (Å²) in [5.74, 6) is -3.20. The van der Waals surface area contributed by atoms with Crippen LogP contribution in [0.4, 0.5) is 0 Å². The summed E-state index contributed by atoms with van der Waals surface area (Å²) in [6.45, 7) is 7.85. The molecule has 1 aliphatic heterocycles. The molecule has 0 unspecified atom stereocenters. The molecular weight excluding hydrogens is 739 g/mol. The number of carbonyl (C=O) groups is 6. The number of aromatic nitrogens is 2. The van der Waals surface area contributed by atoms with Crippen LogP contribution in [0.3, 0.4) is 0 Å². The highest BCUT2D eigenvalue weighted by molar-refractivity contribution is 7.59. The number of nitrogens with one attached hydrogen (secondary N) is 4. The van der Waals surface area contributed by atoms with Gasteiger partial charge in [-0.15, -0.1) is 0 Å². The molecule has 1 aromatic heterocycles. The molecule has 0 spiro atoms. The second-order valence-electron chi connectivity index (χ2n) is 15.5. The van der Waals surface area contributed by atoms with E-state index in [0.717, 1.165) is 64.2 Å². The Kier molecular flexibility index (Phi) is 23.3. The van der Waals surface area contributed by atoms with E-state index in [1.807, 2.05) is 27.7 Å². The Hall–Kier alpha value is -3.20. The quantitative estimate of drug-likeness (QED) is 0.196. The molecule has 4 fully saturated rings. The number of hydrogen-bond acceptors (Lipinski definition) is 8. The van der Waals surface area contributed by atoms with E-state index in [1.165, 1.54) is 18.6 Å². The average molecular weight is 812 g/mol. The second kappa shape index (κ2) is 23.8. The highest BCUT2D eigenvalue weighted by Gasteiger charge is 2.52. The van der Waals surface area contributed by atoms with Crippen molar-refractivity contribution < 1.29 is 28.8 Å². The van der Waals surface area contributed by atoms with Gasteiger partial charge in [0.1, 0.15) is 23.8 Å². The number of rotatable bonds is 13. The summed E-state index contributed by atoms with van der Waals surface area (Å²) >= 11 is 0. The third-order valence-corrected chi connectivity index (χ3v) is 10.7. The monoisotopic (exact) mass is 812 g/mol. The van der Waals surface area contributed by atoms with Gasteiger partial charge in [-0.2, -0.15) is 27.0 Å². The van der Waals surface area contributed by atoms with Crippen LogP contribution in [0.2, 0.25) is 0 Å². The first-order chi connectivity index (χ1) is 23.4. The number of nitrogens with zero attached hydrogens (tertiary/aromatic N) is 3. The Labute approximate surface area is 344 Å². The molecule has 1 saturated heterocycles. The number of likely N-dealkylation sites (tertiary alicyclic amines) is 1. The number of carbonyl (C=O) groups excluding carboxylic acids is 6. The number of ketones is 1. The van der Waals surface area contributed by atoms with Crippen LogP contribution >= 0.6 is 27.0 Å². The van der Waals surface area contributed by atoms with Gasteiger partial charge in [0.2, 0.25) is 23.5 Å². The Morgan fingerprint density at radius 3 is 2.05 bits per heavy atom. The molecule has 3 aliphatic carbocycles. The first kappa shape index (κ1) is 53.9. The molecule has 5 amide bonds. The average Bonchev–Trinajstić information content (AvgIpc) is 3.65. The van der Waals surface area contributed by atoms with Crippen LogP contribution in [0.5, 0.6) is 0 Å². The topological polar surface area (TPSA) is 180 Å². The van der Waals surface area contributed by atoms with Gasteiger partial charge in [-0.3, -0.25) is 33.8 Å². The fraction of sp³-hybridized carbons (Fsp3) is 0.750. The molecule has 0 aromatic carbocycles. The summed E-state index contributed by atoms with van der Waals surface area (Å²) in [6.07, 6.45) is 13.9. The van der Waals surface area contributed by atoms with Crippen molar-refractivity contribution in [1.82, 2.24) is 36.1 Å². The first-order valence-corrected chi connectivity index (χ1v) is 18.2. The minimum Gasteiger partial charge on any atom is -0.347 e. The lowest BCUT2D eigenvalue weighted by molar-refractivity contribution is -0.146. The largest absolute Gasteiger partial charge is 0.347 e. The van der Waals surface area contributed by atoms with Crippen molar-refractivity contribution in [2.75, 3.05) is 6.54 Å². The molecule has 316 valence electrons. The molecular formula is C40H73N7O6S2. The molecule has 15 heteroatoms. The Morgan fingerprint density at radius 1 is 0.836 bits per heavy atom. The molecule has 1 aromatic rings. The van der Waals surface area contributed by atoms with E-state index in [0.29, 0.717) is 19.4 Å². The van der Waals surface area contributed by atoms with E-state index in [4.69, 9.17) is 0 Å². The van der Waals surface area contributed by atoms with Crippen molar-refractivity contribution in [3.8, 4) is 0 Å². The zero-order valence-corrected chi connectivity index (χ0v) is 32.3. The number of fused-ring (bicyclic) bond motifs is 1. The zero-order chi connectivity index (χ0) is 35.3. The molecule has 4 N–H and O–H groups in total. The van der Waals surface area contributed by atoms with Crippen LogP contribution in [-0.2, 0) is 24.0 Å². The minimum absolute atomic E-state index is 0. The van der Waals surface area contributed by atoms with Gasteiger partial charge in [0.05, 0.1) is 12.2 Å². The zero-order valence-electron chi connectivity index (χ0n) is 30.3. The molecule has 0 bridgehead atoms. The van der Waals surface area contributed by atoms with Crippen LogP contribution in [0.15, 0.2) is 18.6 Å². The van der Waals surface area contributed by atoms with Crippen molar-refractivity contribution in [2.24, 2.45) is 23.2 Å². The summed E-state index contributed by atoms with van der Waals surface area (Å²) in [7, 11) is 0. The lowest BCUT2D eigenvalue weighted by Gasteiger charge is -2.38. The Bertz CT molecular complexity index is 1400. The lowest BCUT2D eigenvalue weighted by atomic mass is 9.82. The minimum atomic E-state index is -0.994. The second-order valence-corrected chi connectivity index (χ2v) is 15.5. The van der Waals surface area contributed by atoms with Gasteiger partial charge in [0.25, 0.3) is 11.8 Å². The highest BCUT2D eigenvalue weighted by atomic mass is 32.1. The smallest absolute Gasteiger partial charge is 0.289 e. The van der Waals surface area contributed by atoms with Gasteiger partial charge in [-0.05, 0) is 68.1 Å². The third-order valence-electron chi connectivity index (χ3n) is 10.7. The SMILES string of the molecule is C.C.C.C.CCC[C@@H](NC(=O)[C@H]1[C@@H]2CCC[C@@H]2CN1C(=O)[C@@H](NC(=O)[C@H](NC(=O)c1cnccn1)C1CCCCC1)C(C)(C)C)C(=O)C(=O)NC1CC1.S.S. The van der Waals surface area contributed by atoms with Gasteiger partial charge < -0.3 is 26.2 Å². The molecule has 3 saturated carbocycles. The first-order valence-electron chi connectivity index (χ1n) is 18.2. The van der Waals surface area contributed by atoms with Crippen molar-refractivity contribution in [1.29, 1.82) is 0 Å². The highest BCUT2D eigenvalue weighted by Crippen LogP contribution is 2.43. The van der Waals surface area contributed by atoms with E-state index in [9.17, 15) is 28.8 Å². The van der Waals surface area contributed by atoms with Gasteiger partial charge in [-0.1, -0.05) is 89.5 Å². The molecule has 6 atom stereocenters. The number of hydrogen-bond donors (Lipinski definition) is 4. The van der Waals surface area contributed by atoms with Gasteiger partial charge >= 0.3 is 0 Å². The maximum atomic E-state index is 14.6. The van der Waals surface area contributed by atoms with Crippen molar-refractivity contribution in [3.63, 3.8) is 0 Å². The molecule has 4 aliphatic rings. The normalized spacial score (nSPS) is 21.6.